The highest BCUT2D eigenvalue weighted by Gasteiger charge is 2.35. The number of anilines is 2. The molecular formula is C22H26N6O. The number of fused-ring (bicyclic) bond motifs is 1. The van der Waals surface area contributed by atoms with Gasteiger partial charge in [0.25, 0.3) is 0 Å². The number of aromatic nitrogens is 3. The van der Waals surface area contributed by atoms with Gasteiger partial charge in [-0.05, 0) is 43.9 Å². The number of piperidine rings is 2. The topological polar surface area (TPSA) is 77.2 Å². The number of amides is 1. The maximum absolute atomic E-state index is 13.3. The molecule has 5 rings (SSSR count). The van der Waals surface area contributed by atoms with Gasteiger partial charge in [-0.1, -0.05) is 18.2 Å². The number of hydrogen-bond donors (Lipinski definition) is 2. The molecule has 150 valence electrons. The summed E-state index contributed by atoms with van der Waals surface area (Å²) in [4.78, 5) is 29.7. The van der Waals surface area contributed by atoms with Gasteiger partial charge in [-0.3, -0.25) is 4.79 Å². The molecule has 2 saturated heterocycles. The Morgan fingerprint density at radius 1 is 1.03 bits per heavy atom. The predicted molar refractivity (Wildman–Crippen MR) is 114 cm³/mol. The van der Waals surface area contributed by atoms with Crippen molar-refractivity contribution in [3.05, 3.63) is 48.9 Å². The number of nitrogens with zero attached hydrogens (tertiary/aromatic N) is 4. The van der Waals surface area contributed by atoms with Gasteiger partial charge in [-0.15, -0.1) is 0 Å². The minimum absolute atomic E-state index is 0.142. The average molecular weight is 390 g/mol. The van der Waals surface area contributed by atoms with E-state index in [1.54, 1.807) is 6.33 Å². The van der Waals surface area contributed by atoms with Crippen LogP contribution in [0.3, 0.4) is 0 Å². The molecule has 1 amide bonds. The van der Waals surface area contributed by atoms with Gasteiger partial charge in [0.15, 0.2) is 0 Å². The second-order valence-corrected chi connectivity index (χ2v) is 7.92. The summed E-state index contributed by atoms with van der Waals surface area (Å²) in [5.74, 6) is 1.19. The Kier molecular flexibility index (Phi) is 4.79. The number of hydrogen-bond acceptors (Lipinski definition) is 5. The highest BCUT2D eigenvalue weighted by molar-refractivity contribution is 5.88. The van der Waals surface area contributed by atoms with E-state index in [0.29, 0.717) is 0 Å². The van der Waals surface area contributed by atoms with E-state index in [1.165, 1.54) is 0 Å². The van der Waals surface area contributed by atoms with E-state index in [-0.39, 0.29) is 18.0 Å². The van der Waals surface area contributed by atoms with Crippen LogP contribution < -0.4 is 10.2 Å². The number of rotatable bonds is 4. The molecule has 29 heavy (non-hydrogen) atoms. The van der Waals surface area contributed by atoms with E-state index in [0.717, 1.165) is 67.9 Å². The van der Waals surface area contributed by atoms with E-state index in [1.807, 2.05) is 42.6 Å². The number of nitrogens with one attached hydrogen (secondary N) is 2. The monoisotopic (exact) mass is 390 g/mol. The molecule has 1 aromatic carbocycles. The first kappa shape index (κ1) is 18.0. The normalized spacial score (nSPS) is 22.8. The molecule has 4 heterocycles. The Morgan fingerprint density at radius 2 is 1.90 bits per heavy atom. The van der Waals surface area contributed by atoms with Crippen LogP contribution in [0.15, 0.2) is 48.9 Å². The van der Waals surface area contributed by atoms with Crippen molar-refractivity contribution in [3.8, 4) is 0 Å². The Labute approximate surface area is 170 Å². The molecule has 0 unspecified atom stereocenters. The highest BCUT2D eigenvalue weighted by atomic mass is 16.2. The number of carbonyl (C=O) groups excluding carboxylic acids is 1. The molecule has 0 aliphatic carbocycles. The van der Waals surface area contributed by atoms with Crippen molar-refractivity contribution in [1.29, 1.82) is 0 Å². The number of H-pyrrole nitrogens is 1. The van der Waals surface area contributed by atoms with Gasteiger partial charge < -0.3 is 20.1 Å². The standard InChI is InChI=1S/C22H26N6O/c29-22-19(26-16-6-2-1-3-7-16)9-5-13-28(22)17-8-4-12-27(14-17)21-18-10-11-23-20(18)24-15-25-21/h1-3,6-7,10-11,15,17,19,26H,4-5,8-9,12-14H2,(H,23,24,25)/t17-,19+/m1/s1. The quantitative estimate of drug-likeness (QED) is 0.716. The van der Waals surface area contributed by atoms with Crippen LogP contribution in [0, 0.1) is 0 Å². The molecule has 0 spiro atoms. The molecule has 7 heteroatoms. The summed E-state index contributed by atoms with van der Waals surface area (Å²) in [6.07, 6.45) is 7.53. The van der Waals surface area contributed by atoms with E-state index in [9.17, 15) is 4.79 Å². The lowest BCUT2D eigenvalue weighted by Gasteiger charge is -2.43. The van der Waals surface area contributed by atoms with Crippen molar-refractivity contribution in [2.24, 2.45) is 0 Å². The van der Waals surface area contributed by atoms with Crippen LogP contribution in [0.5, 0.6) is 0 Å². The van der Waals surface area contributed by atoms with Gasteiger partial charge in [-0.25, -0.2) is 9.97 Å². The summed E-state index contributed by atoms with van der Waals surface area (Å²) >= 11 is 0. The summed E-state index contributed by atoms with van der Waals surface area (Å²) in [5.41, 5.74) is 1.87. The summed E-state index contributed by atoms with van der Waals surface area (Å²) in [6, 6.07) is 12.1. The van der Waals surface area contributed by atoms with Crippen molar-refractivity contribution in [3.63, 3.8) is 0 Å². The third kappa shape index (κ3) is 3.52. The summed E-state index contributed by atoms with van der Waals surface area (Å²) in [6.45, 7) is 2.62. The minimum atomic E-state index is -0.142. The van der Waals surface area contributed by atoms with Gasteiger partial charge in [-0.2, -0.15) is 0 Å². The molecule has 2 N–H and O–H groups in total. The van der Waals surface area contributed by atoms with Crippen molar-refractivity contribution in [2.45, 2.75) is 37.8 Å². The van der Waals surface area contributed by atoms with Crippen molar-refractivity contribution < 1.29 is 4.79 Å². The first-order valence-corrected chi connectivity index (χ1v) is 10.4. The van der Waals surface area contributed by atoms with Crippen molar-refractivity contribution in [2.75, 3.05) is 29.9 Å². The second kappa shape index (κ2) is 7.73. The Balaban J connectivity index is 1.32. The van der Waals surface area contributed by atoms with Crippen LogP contribution >= 0.6 is 0 Å². The van der Waals surface area contributed by atoms with Gasteiger partial charge >= 0.3 is 0 Å². The highest BCUT2D eigenvalue weighted by Crippen LogP contribution is 2.28. The fourth-order valence-corrected chi connectivity index (χ4v) is 4.64. The Bertz CT molecular complexity index is 987. The SMILES string of the molecule is O=C1[C@@H](Nc2ccccc2)CCCN1[C@@H]1CCCN(c2ncnc3[nH]ccc23)C1. The van der Waals surface area contributed by atoms with E-state index in [4.69, 9.17) is 0 Å². The first-order chi connectivity index (χ1) is 14.3. The third-order valence-corrected chi connectivity index (χ3v) is 6.06. The van der Waals surface area contributed by atoms with E-state index < -0.39 is 0 Å². The predicted octanol–water partition coefficient (Wildman–Crippen LogP) is 3.03. The second-order valence-electron chi connectivity index (χ2n) is 7.92. The molecule has 2 atom stereocenters. The van der Waals surface area contributed by atoms with Crippen LogP contribution in [0.2, 0.25) is 0 Å². The molecule has 2 fully saturated rings. The molecule has 0 radical (unpaired) electrons. The Morgan fingerprint density at radius 3 is 2.79 bits per heavy atom. The zero-order valence-electron chi connectivity index (χ0n) is 16.4. The lowest BCUT2D eigenvalue weighted by atomic mass is 9.97. The summed E-state index contributed by atoms with van der Waals surface area (Å²) in [5, 5.41) is 4.48. The van der Waals surface area contributed by atoms with Crippen molar-refractivity contribution >= 4 is 28.4 Å². The van der Waals surface area contributed by atoms with Gasteiger partial charge in [0.1, 0.15) is 23.8 Å². The van der Waals surface area contributed by atoms with Gasteiger partial charge in [0.05, 0.1) is 5.39 Å². The molecule has 2 aliphatic rings. The molecular weight excluding hydrogens is 364 g/mol. The van der Waals surface area contributed by atoms with Crippen LogP contribution in [-0.4, -0.2) is 57.5 Å². The zero-order chi connectivity index (χ0) is 19.6. The number of para-hydroxylation sites is 1. The number of aromatic amines is 1. The number of benzene rings is 1. The van der Waals surface area contributed by atoms with E-state index in [2.05, 4.69) is 30.1 Å². The summed E-state index contributed by atoms with van der Waals surface area (Å²) in [7, 11) is 0. The lowest BCUT2D eigenvalue weighted by Crippen LogP contribution is -2.56. The van der Waals surface area contributed by atoms with E-state index >= 15 is 0 Å². The maximum Gasteiger partial charge on any atom is 0.245 e. The fourth-order valence-electron chi connectivity index (χ4n) is 4.64. The first-order valence-electron chi connectivity index (χ1n) is 10.4. The minimum Gasteiger partial charge on any atom is -0.374 e. The molecule has 2 aliphatic heterocycles. The van der Waals surface area contributed by atoms with Gasteiger partial charge in [0, 0.05) is 37.6 Å². The summed E-state index contributed by atoms with van der Waals surface area (Å²) < 4.78 is 0. The largest absolute Gasteiger partial charge is 0.374 e. The molecule has 2 aromatic heterocycles. The van der Waals surface area contributed by atoms with Crippen LogP contribution in [-0.2, 0) is 4.79 Å². The molecule has 0 bridgehead atoms. The average Bonchev–Trinajstić information content (AvgIpc) is 3.25. The molecule has 0 saturated carbocycles. The van der Waals surface area contributed by atoms with Crippen LogP contribution in [0.4, 0.5) is 11.5 Å². The number of likely N-dealkylation sites (tertiary alicyclic amines) is 1. The fraction of sp³-hybridized carbons (Fsp3) is 0.409. The van der Waals surface area contributed by atoms with Gasteiger partial charge in [0.2, 0.25) is 5.91 Å². The molecule has 7 nitrogen and oxygen atoms in total. The van der Waals surface area contributed by atoms with Crippen molar-refractivity contribution in [1.82, 2.24) is 19.9 Å². The Hall–Kier alpha value is -3.09. The maximum atomic E-state index is 13.3. The van der Waals surface area contributed by atoms with Crippen LogP contribution in [0.25, 0.3) is 11.0 Å². The zero-order valence-corrected chi connectivity index (χ0v) is 16.4. The lowest BCUT2D eigenvalue weighted by molar-refractivity contribution is -0.137. The smallest absolute Gasteiger partial charge is 0.245 e. The third-order valence-electron chi connectivity index (χ3n) is 6.06. The molecule has 3 aromatic rings. The van der Waals surface area contributed by atoms with Crippen LogP contribution in [0.1, 0.15) is 25.7 Å². The number of carbonyl (C=O) groups is 1.